The van der Waals surface area contributed by atoms with Crippen LogP contribution in [-0.2, 0) is 4.43 Å². The second-order valence-corrected chi connectivity index (χ2v) is 6.85. The quantitative estimate of drug-likeness (QED) is 0.596. The summed E-state index contributed by atoms with van der Waals surface area (Å²) in [5, 5.41) is 0. The van der Waals surface area contributed by atoms with Crippen molar-refractivity contribution in [2.24, 2.45) is 11.3 Å². The summed E-state index contributed by atoms with van der Waals surface area (Å²) in [6.45, 7) is 15.3. The molecule has 0 N–H and O–H groups in total. The van der Waals surface area contributed by atoms with Crippen LogP contribution in [-0.4, -0.2) is 9.04 Å². The molecule has 0 saturated carbocycles. The molecule has 0 bridgehead atoms. The maximum absolute atomic E-state index is 5.54. The van der Waals surface area contributed by atoms with Crippen LogP contribution in [0.2, 0.25) is 13.1 Å². The van der Waals surface area contributed by atoms with E-state index in [0.29, 0.717) is 11.3 Å². The maximum Gasteiger partial charge on any atom is 0.171 e. The fourth-order valence-electron chi connectivity index (χ4n) is 0.479. The molecular formula is C9H21OSi. The second kappa shape index (κ2) is 4.26. The standard InChI is InChI=1S/C9H21OSi/c1-8(9(2,3)4)7-10-11(5)6/h7-8,11H,1-6H3. The summed E-state index contributed by atoms with van der Waals surface area (Å²) < 4.78 is 5.54. The van der Waals surface area contributed by atoms with Gasteiger partial charge in [-0.2, -0.15) is 0 Å². The first-order chi connectivity index (χ1) is 4.84. The third kappa shape index (κ3) is 5.45. The normalized spacial score (nSPS) is 15.5. The Bertz CT molecular complexity index is 105. The Morgan fingerprint density at radius 2 is 1.73 bits per heavy atom. The first-order valence-electron chi connectivity index (χ1n) is 4.33. The lowest BCUT2D eigenvalue weighted by molar-refractivity contribution is 0.220. The zero-order valence-corrected chi connectivity index (χ0v) is 9.79. The Kier molecular flexibility index (Phi) is 4.33. The Hall–Kier alpha value is 0.177. The van der Waals surface area contributed by atoms with Gasteiger partial charge in [-0.05, 0) is 24.4 Å². The molecule has 0 fully saturated rings. The average molecular weight is 173 g/mol. The fourth-order valence-corrected chi connectivity index (χ4v) is 1.03. The Morgan fingerprint density at radius 1 is 1.27 bits per heavy atom. The van der Waals surface area contributed by atoms with Gasteiger partial charge in [-0.25, -0.2) is 0 Å². The zero-order valence-electron chi connectivity index (χ0n) is 8.64. The van der Waals surface area contributed by atoms with Gasteiger partial charge in [0.05, 0.1) is 6.61 Å². The highest BCUT2D eigenvalue weighted by atomic mass is 28.3. The average Bonchev–Trinajstić information content (AvgIpc) is 1.80. The van der Waals surface area contributed by atoms with Gasteiger partial charge in [0.1, 0.15) is 0 Å². The van der Waals surface area contributed by atoms with Crippen LogP contribution in [0.3, 0.4) is 0 Å². The minimum Gasteiger partial charge on any atom is -0.415 e. The van der Waals surface area contributed by atoms with Gasteiger partial charge in [0.25, 0.3) is 0 Å². The van der Waals surface area contributed by atoms with Crippen LogP contribution in [0.4, 0.5) is 0 Å². The van der Waals surface area contributed by atoms with E-state index in [1.165, 1.54) is 0 Å². The lowest BCUT2D eigenvalue weighted by Crippen LogP contribution is -2.21. The highest BCUT2D eigenvalue weighted by Crippen LogP contribution is 2.27. The Balaban J connectivity index is 3.61. The van der Waals surface area contributed by atoms with Gasteiger partial charge < -0.3 is 4.43 Å². The largest absolute Gasteiger partial charge is 0.415 e. The molecule has 67 valence electrons. The second-order valence-electron chi connectivity index (χ2n) is 4.48. The van der Waals surface area contributed by atoms with Crippen LogP contribution in [0.5, 0.6) is 0 Å². The van der Waals surface area contributed by atoms with E-state index in [1.807, 2.05) is 6.61 Å². The predicted molar refractivity (Wildman–Crippen MR) is 52.9 cm³/mol. The predicted octanol–water partition coefficient (Wildman–Crippen LogP) is 2.83. The summed E-state index contributed by atoms with van der Waals surface area (Å²) in [6.07, 6.45) is 0. The van der Waals surface area contributed by atoms with Crippen molar-refractivity contribution >= 4 is 9.04 Å². The molecule has 1 radical (unpaired) electrons. The lowest BCUT2D eigenvalue weighted by Gasteiger charge is -2.27. The van der Waals surface area contributed by atoms with Crippen molar-refractivity contribution < 1.29 is 4.43 Å². The molecule has 1 unspecified atom stereocenters. The van der Waals surface area contributed by atoms with Crippen molar-refractivity contribution in [3.05, 3.63) is 6.61 Å². The molecule has 0 aliphatic heterocycles. The summed E-state index contributed by atoms with van der Waals surface area (Å²) in [5.41, 5.74) is 0.337. The Morgan fingerprint density at radius 3 is 2.00 bits per heavy atom. The molecule has 0 aromatic rings. The van der Waals surface area contributed by atoms with Crippen molar-refractivity contribution in [2.45, 2.75) is 40.8 Å². The molecule has 0 aliphatic carbocycles. The van der Waals surface area contributed by atoms with E-state index < -0.39 is 9.04 Å². The molecule has 0 spiro atoms. The summed E-state index contributed by atoms with van der Waals surface area (Å²) >= 11 is 0. The summed E-state index contributed by atoms with van der Waals surface area (Å²) in [7, 11) is -0.854. The van der Waals surface area contributed by atoms with Crippen molar-refractivity contribution in [3.8, 4) is 0 Å². The number of hydrogen-bond donors (Lipinski definition) is 0. The molecule has 0 aromatic carbocycles. The molecule has 2 heteroatoms. The molecule has 0 aliphatic rings. The molecule has 1 nitrogen and oxygen atoms in total. The molecule has 1 atom stereocenters. The first kappa shape index (κ1) is 11.2. The zero-order chi connectivity index (χ0) is 9.07. The molecule has 0 saturated heterocycles. The van der Waals surface area contributed by atoms with E-state index in [4.69, 9.17) is 4.43 Å². The van der Waals surface area contributed by atoms with Crippen LogP contribution in [0.1, 0.15) is 27.7 Å². The van der Waals surface area contributed by atoms with Crippen LogP contribution in [0, 0.1) is 17.9 Å². The van der Waals surface area contributed by atoms with Crippen molar-refractivity contribution in [2.75, 3.05) is 0 Å². The van der Waals surface area contributed by atoms with Crippen LogP contribution in [0.25, 0.3) is 0 Å². The number of rotatable bonds is 3. The lowest BCUT2D eigenvalue weighted by atomic mass is 9.83. The molecular weight excluding hydrogens is 152 g/mol. The minimum atomic E-state index is -0.854. The van der Waals surface area contributed by atoms with E-state index in [2.05, 4.69) is 40.8 Å². The van der Waals surface area contributed by atoms with Gasteiger partial charge in [0, 0.05) is 0 Å². The topological polar surface area (TPSA) is 9.23 Å². The third-order valence-corrected chi connectivity index (χ3v) is 2.62. The highest BCUT2D eigenvalue weighted by Gasteiger charge is 2.20. The summed E-state index contributed by atoms with van der Waals surface area (Å²) in [4.78, 5) is 0. The van der Waals surface area contributed by atoms with Gasteiger partial charge >= 0.3 is 0 Å². The molecule has 0 aromatic heterocycles. The molecule has 0 rings (SSSR count). The van der Waals surface area contributed by atoms with E-state index in [0.717, 1.165) is 0 Å². The maximum atomic E-state index is 5.54. The fraction of sp³-hybridized carbons (Fsp3) is 0.889. The van der Waals surface area contributed by atoms with E-state index >= 15 is 0 Å². The van der Waals surface area contributed by atoms with E-state index in [1.54, 1.807) is 0 Å². The van der Waals surface area contributed by atoms with E-state index in [9.17, 15) is 0 Å². The minimum absolute atomic E-state index is 0.337. The summed E-state index contributed by atoms with van der Waals surface area (Å²) in [5.74, 6) is 0.539. The van der Waals surface area contributed by atoms with Gasteiger partial charge in [-0.3, -0.25) is 0 Å². The van der Waals surface area contributed by atoms with Crippen molar-refractivity contribution in [3.63, 3.8) is 0 Å². The third-order valence-electron chi connectivity index (χ3n) is 1.92. The smallest absolute Gasteiger partial charge is 0.171 e. The summed E-state index contributed by atoms with van der Waals surface area (Å²) in [6, 6.07) is 0. The molecule has 11 heavy (non-hydrogen) atoms. The molecule has 0 heterocycles. The SMILES string of the molecule is CC([CH]O[SiH](C)C)C(C)(C)C. The highest BCUT2D eigenvalue weighted by molar-refractivity contribution is 6.48. The van der Waals surface area contributed by atoms with Gasteiger partial charge in [0.2, 0.25) is 0 Å². The Labute approximate surface area is 72.9 Å². The van der Waals surface area contributed by atoms with Gasteiger partial charge in [-0.15, -0.1) is 0 Å². The van der Waals surface area contributed by atoms with E-state index in [-0.39, 0.29) is 0 Å². The van der Waals surface area contributed by atoms with Gasteiger partial charge in [-0.1, -0.05) is 27.7 Å². The van der Waals surface area contributed by atoms with Crippen LogP contribution >= 0.6 is 0 Å². The number of hydrogen-bond acceptors (Lipinski definition) is 1. The van der Waals surface area contributed by atoms with Crippen molar-refractivity contribution in [1.82, 2.24) is 0 Å². The molecule has 0 amide bonds. The monoisotopic (exact) mass is 173 g/mol. The first-order valence-corrected chi connectivity index (χ1v) is 7.11. The van der Waals surface area contributed by atoms with Crippen LogP contribution < -0.4 is 0 Å². The van der Waals surface area contributed by atoms with Gasteiger partial charge in [0.15, 0.2) is 9.04 Å². The van der Waals surface area contributed by atoms with Crippen LogP contribution in [0.15, 0.2) is 0 Å². The van der Waals surface area contributed by atoms with Crippen molar-refractivity contribution in [1.29, 1.82) is 0 Å².